The lowest BCUT2D eigenvalue weighted by atomic mass is 9.73. The normalized spacial score (nSPS) is 29.0. The maximum absolute atomic E-state index is 12.1. The number of carbonyl (C=O) groups is 1. The average Bonchev–Trinajstić information content (AvgIpc) is 3.00. The molecule has 1 spiro atoms. The van der Waals surface area contributed by atoms with Gasteiger partial charge in [0, 0.05) is 42.4 Å². The standard InChI is InChI=1S/C20H32N2O3S/c1-4-5-17(23)21-19(3)10-13-25-20(18(19)24)8-11-22(12-9-20)14-16-7-6-15(2)26-16/h6-7,18,24H,4-5,8-14H2,1-3H3,(H,21,23)/t18-,19+/m0/s1. The maximum atomic E-state index is 12.1. The number of hydrogen-bond acceptors (Lipinski definition) is 5. The molecule has 0 aromatic carbocycles. The fourth-order valence-corrected chi connectivity index (χ4v) is 5.23. The van der Waals surface area contributed by atoms with Gasteiger partial charge in [0.05, 0.1) is 11.1 Å². The van der Waals surface area contributed by atoms with E-state index >= 15 is 0 Å². The Bertz CT molecular complexity index is 624. The smallest absolute Gasteiger partial charge is 0.220 e. The average molecular weight is 381 g/mol. The van der Waals surface area contributed by atoms with Crippen molar-refractivity contribution in [2.24, 2.45) is 0 Å². The van der Waals surface area contributed by atoms with Crippen LogP contribution >= 0.6 is 11.3 Å². The summed E-state index contributed by atoms with van der Waals surface area (Å²) in [6, 6.07) is 4.38. The first-order valence-corrected chi connectivity index (χ1v) is 10.6. The van der Waals surface area contributed by atoms with E-state index < -0.39 is 17.2 Å². The summed E-state index contributed by atoms with van der Waals surface area (Å²) in [6.45, 7) is 9.48. The molecule has 3 rings (SSSR count). The monoisotopic (exact) mass is 380 g/mol. The molecular formula is C20H32N2O3S. The lowest BCUT2D eigenvalue weighted by Gasteiger charge is -2.53. The summed E-state index contributed by atoms with van der Waals surface area (Å²) >= 11 is 1.85. The van der Waals surface area contributed by atoms with E-state index in [0.29, 0.717) is 19.4 Å². The molecule has 1 amide bonds. The minimum atomic E-state index is -0.671. The summed E-state index contributed by atoms with van der Waals surface area (Å²) in [5.41, 5.74) is -1.13. The molecule has 26 heavy (non-hydrogen) atoms. The van der Waals surface area contributed by atoms with Gasteiger partial charge in [0.2, 0.25) is 5.91 Å². The van der Waals surface area contributed by atoms with Crippen LogP contribution in [0.3, 0.4) is 0 Å². The van der Waals surface area contributed by atoms with Crippen molar-refractivity contribution in [1.82, 2.24) is 10.2 Å². The van der Waals surface area contributed by atoms with Gasteiger partial charge in [-0.25, -0.2) is 0 Å². The third-order valence-electron chi connectivity index (χ3n) is 5.89. The van der Waals surface area contributed by atoms with Gasteiger partial charge < -0.3 is 15.2 Å². The van der Waals surface area contributed by atoms with Crippen LogP contribution in [0.1, 0.15) is 55.7 Å². The molecule has 3 heterocycles. The van der Waals surface area contributed by atoms with E-state index in [2.05, 4.69) is 29.3 Å². The van der Waals surface area contributed by atoms with Crippen molar-refractivity contribution in [2.75, 3.05) is 19.7 Å². The molecule has 2 aliphatic rings. The number of aliphatic hydroxyl groups is 1. The number of piperidine rings is 1. The van der Waals surface area contributed by atoms with Crippen LogP contribution in [0.2, 0.25) is 0 Å². The number of carbonyl (C=O) groups excluding carboxylic acids is 1. The minimum Gasteiger partial charge on any atom is -0.388 e. The molecule has 1 aromatic rings. The first-order chi connectivity index (χ1) is 12.4. The molecular weight excluding hydrogens is 348 g/mol. The quantitative estimate of drug-likeness (QED) is 0.825. The molecule has 146 valence electrons. The van der Waals surface area contributed by atoms with E-state index in [-0.39, 0.29) is 5.91 Å². The van der Waals surface area contributed by atoms with Gasteiger partial charge in [0.15, 0.2) is 0 Å². The number of amides is 1. The van der Waals surface area contributed by atoms with Crippen LogP contribution in [0, 0.1) is 6.92 Å². The van der Waals surface area contributed by atoms with E-state index in [1.165, 1.54) is 9.75 Å². The first-order valence-electron chi connectivity index (χ1n) is 9.77. The number of hydrogen-bond donors (Lipinski definition) is 2. The lowest BCUT2D eigenvalue weighted by molar-refractivity contribution is -0.208. The zero-order valence-corrected chi connectivity index (χ0v) is 17.0. The molecule has 2 saturated heterocycles. The van der Waals surface area contributed by atoms with Gasteiger partial charge in [0.1, 0.15) is 6.10 Å². The highest BCUT2D eigenvalue weighted by Gasteiger charge is 2.53. The summed E-state index contributed by atoms with van der Waals surface area (Å²) in [6.07, 6.45) is 2.91. The molecule has 2 fully saturated rings. The molecule has 0 bridgehead atoms. The van der Waals surface area contributed by atoms with Crippen LogP contribution < -0.4 is 5.32 Å². The SMILES string of the molecule is CCCC(=O)N[C@]1(C)CCOC2(CCN(Cc3ccc(C)s3)CC2)[C@H]1O. The minimum absolute atomic E-state index is 0.0246. The second-order valence-electron chi connectivity index (χ2n) is 8.07. The van der Waals surface area contributed by atoms with Gasteiger partial charge in [-0.3, -0.25) is 9.69 Å². The third kappa shape index (κ3) is 4.14. The Morgan fingerprint density at radius 3 is 2.73 bits per heavy atom. The fourth-order valence-electron chi connectivity index (χ4n) is 4.30. The van der Waals surface area contributed by atoms with Crippen molar-refractivity contribution < 1.29 is 14.6 Å². The van der Waals surface area contributed by atoms with Crippen molar-refractivity contribution in [1.29, 1.82) is 0 Å². The van der Waals surface area contributed by atoms with E-state index in [1.807, 2.05) is 25.2 Å². The van der Waals surface area contributed by atoms with Crippen LogP contribution in [0.5, 0.6) is 0 Å². The highest BCUT2D eigenvalue weighted by atomic mass is 32.1. The number of aliphatic hydroxyl groups excluding tert-OH is 1. The molecule has 0 radical (unpaired) electrons. The predicted molar refractivity (Wildman–Crippen MR) is 104 cm³/mol. The van der Waals surface area contributed by atoms with Crippen LogP contribution in [-0.2, 0) is 16.1 Å². The Hall–Kier alpha value is -0.950. The van der Waals surface area contributed by atoms with E-state index in [0.717, 1.165) is 38.9 Å². The zero-order valence-electron chi connectivity index (χ0n) is 16.2. The number of nitrogens with zero attached hydrogens (tertiary/aromatic N) is 1. The van der Waals surface area contributed by atoms with Gasteiger partial charge in [-0.05, 0) is 51.7 Å². The highest BCUT2D eigenvalue weighted by molar-refractivity contribution is 7.11. The molecule has 6 heteroatoms. The van der Waals surface area contributed by atoms with Gasteiger partial charge in [-0.15, -0.1) is 11.3 Å². The molecule has 0 saturated carbocycles. The maximum Gasteiger partial charge on any atom is 0.220 e. The van der Waals surface area contributed by atoms with E-state index in [9.17, 15) is 9.90 Å². The van der Waals surface area contributed by atoms with Crippen molar-refractivity contribution in [2.45, 2.75) is 76.7 Å². The largest absolute Gasteiger partial charge is 0.388 e. The van der Waals surface area contributed by atoms with Crippen molar-refractivity contribution in [3.05, 3.63) is 21.9 Å². The van der Waals surface area contributed by atoms with Gasteiger partial charge in [0.25, 0.3) is 0 Å². The number of aryl methyl sites for hydroxylation is 1. The summed E-state index contributed by atoms with van der Waals surface area (Å²) in [4.78, 5) is 17.3. The molecule has 2 aliphatic heterocycles. The van der Waals surface area contributed by atoms with E-state index in [4.69, 9.17) is 4.74 Å². The Morgan fingerprint density at radius 1 is 1.38 bits per heavy atom. The molecule has 1 aromatic heterocycles. The second-order valence-corrected chi connectivity index (χ2v) is 9.44. The van der Waals surface area contributed by atoms with Gasteiger partial charge >= 0.3 is 0 Å². The fraction of sp³-hybridized carbons (Fsp3) is 0.750. The zero-order chi connectivity index (χ0) is 18.8. The number of nitrogens with one attached hydrogen (secondary N) is 1. The lowest BCUT2D eigenvalue weighted by Crippen LogP contribution is -2.69. The van der Waals surface area contributed by atoms with Crippen LogP contribution in [0.25, 0.3) is 0 Å². The second kappa shape index (κ2) is 7.97. The summed E-state index contributed by atoms with van der Waals surface area (Å²) in [5.74, 6) is 0.0246. The molecule has 5 nitrogen and oxygen atoms in total. The van der Waals surface area contributed by atoms with E-state index in [1.54, 1.807) is 0 Å². The molecule has 2 atom stereocenters. The van der Waals surface area contributed by atoms with Crippen molar-refractivity contribution in [3.8, 4) is 0 Å². The number of ether oxygens (including phenoxy) is 1. The molecule has 2 N–H and O–H groups in total. The Balaban J connectivity index is 1.62. The van der Waals surface area contributed by atoms with Gasteiger partial charge in [-0.1, -0.05) is 6.92 Å². The first kappa shape index (κ1) is 19.8. The summed E-state index contributed by atoms with van der Waals surface area (Å²) in [5, 5.41) is 14.2. The number of likely N-dealkylation sites (tertiary alicyclic amines) is 1. The van der Waals surface area contributed by atoms with Crippen LogP contribution in [0.15, 0.2) is 12.1 Å². The topological polar surface area (TPSA) is 61.8 Å². The molecule has 0 unspecified atom stereocenters. The number of thiophene rings is 1. The van der Waals surface area contributed by atoms with Crippen molar-refractivity contribution >= 4 is 17.2 Å². The third-order valence-corrected chi connectivity index (χ3v) is 6.88. The number of rotatable bonds is 5. The van der Waals surface area contributed by atoms with Crippen LogP contribution in [-0.4, -0.2) is 52.9 Å². The summed E-state index contributed by atoms with van der Waals surface area (Å²) < 4.78 is 6.13. The van der Waals surface area contributed by atoms with Gasteiger partial charge in [-0.2, -0.15) is 0 Å². The highest BCUT2D eigenvalue weighted by Crippen LogP contribution is 2.40. The predicted octanol–water partition coefficient (Wildman–Crippen LogP) is 2.85. The summed E-state index contributed by atoms with van der Waals surface area (Å²) in [7, 11) is 0. The Kier molecular flexibility index (Phi) is 6.07. The van der Waals surface area contributed by atoms with Crippen LogP contribution in [0.4, 0.5) is 0 Å². The Morgan fingerprint density at radius 2 is 2.12 bits per heavy atom. The Labute approximate surface area is 160 Å². The molecule has 0 aliphatic carbocycles. The van der Waals surface area contributed by atoms with Crippen molar-refractivity contribution in [3.63, 3.8) is 0 Å².